The zero-order valence-electron chi connectivity index (χ0n) is 13.7. The Labute approximate surface area is 120 Å². The minimum Gasteiger partial charge on any atom is -0.392 e. The van der Waals surface area contributed by atoms with Crippen LogP contribution in [0.15, 0.2) is 0 Å². The first-order valence-electron chi connectivity index (χ1n) is 8.15. The molecule has 114 valence electrons. The van der Waals surface area contributed by atoms with Gasteiger partial charge in [-0.1, -0.05) is 41.0 Å². The SMILES string of the molecule is CCCC(C)C(O)C1(CN)CCC(C(C)(C)C)CC1. The Morgan fingerprint density at radius 3 is 2.16 bits per heavy atom. The first-order valence-corrected chi connectivity index (χ1v) is 8.15. The van der Waals surface area contributed by atoms with Crippen molar-refractivity contribution < 1.29 is 5.11 Å². The van der Waals surface area contributed by atoms with Crippen molar-refractivity contribution in [2.75, 3.05) is 6.54 Å². The smallest absolute Gasteiger partial charge is 0.0633 e. The lowest BCUT2D eigenvalue weighted by Crippen LogP contribution is -2.48. The Balaban J connectivity index is 2.69. The summed E-state index contributed by atoms with van der Waals surface area (Å²) in [6, 6.07) is 0. The molecule has 0 heterocycles. The number of hydrogen-bond acceptors (Lipinski definition) is 2. The van der Waals surface area contributed by atoms with Gasteiger partial charge in [0.25, 0.3) is 0 Å². The fourth-order valence-corrected chi connectivity index (χ4v) is 3.90. The van der Waals surface area contributed by atoms with Crippen LogP contribution in [0.5, 0.6) is 0 Å². The van der Waals surface area contributed by atoms with Crippen LogP contribution < -0.4 is 5.73 Å². The number of hydrogen-bond donors (Lipinski definition) is 2. The maximum atomic E-state index is 10.7. The Hall–Kier alpha value is -0.0800. The van der Waals surface area contributed by atoms with E-state index in [4.69, 9.17) is 5.73 Å². The largest absolute Gasteiger partial charge is 0.392 e. The molecule has 2 atom stereocenters. The highest BCUT2D eigenvalue weighted by atomic mass is 16.3. The Bertz CT molecular complexity index is 261. The summed E-state index contributed by atoms with van der Waals surface area (Å²) in [6.45, 7) is 12.0. The molecule has 2 unspecified atom stereocenters. The molecule has 0 aromatic rings. The van der Waals surface area contributed by atoms with Crippen LogP contribution in [0.25, 0.3) is 0 Å². The average molecular weight is 269 g/mol. The minimum absolute atomic E-state index is 0.0175. The minimum atomic E-state index is -0.224. The van der Waals surface area contributed by atoms with Gasteiger partial charge in [-0.2, -0.15) is 0 Å². The van der Waals surface area contributed by atoms with Crippen molar-refractivity contribution in [2.24, 2.45) is 28.4 Å². The van der Waals surface area contributed by atoms with Gasteiger partial charge in [-0.25, -0.2) is 0 Å². The van der Waals surface area contributed by atoms with Gasteiger partial charge >= 0.3 is 0 Å². The predicted molar refractivity (Wildman–Crippen MR) is 83.0 cm³/mol. The van der Waals surface area contributed by atoms with Crippen molar-refractivity contribution in [1.82, 2.24) is 0 Å². The zero-order chi connectivity index (χ0) is 14.7. The molecule has 0 aliphatic heterocycles. The van der Waals surface area contributed by atoms with Crippen LogP contribution in [0.2, 0.25) is 0 Å². The summed E-state index contributed by atoms with van der Waals surface area (Å²) in [7, 11) is 0. The van der Waals surface area contributed by atoms with Crippen molar-refractivity contribution in [3.8, 4) is 0 Å². The van der Waals surface area contributed by atoms with Crippen LogP contribution >= 0.6 is 0 Å². The first-order chi connectivity index (χ1) is 8.77. The molecule has 0 saturated heterocycles. The summed E-state index contributed by atoms with van der Waals surface area (Å²) in [5.74, 6) is 1.15. The maximum Gasteiger partial charge on any atom is 0.0633 e. The number of aliphatic hydroxyl groups is 1. The van der Waals surface area contributed by atoms with Gasteiger partial charge in [0.15, 0.2) is 0 Å². The lowest BCUT2D eigenvalue weighted by molar-refractivity contribution is -0.0514. The van der Waals surface area contributed by atoms with Gasteiger partial charge in [0, 0.05) is 12.0 Å². The highest BCUT2D eigenvalue weighted by molar-refractivity contribution is 4.95. The lowest BCUT2D eigenvalue weighted by Gasteiger charge is -2.47. The van der Waals surface area contributed by atoms with Crippen LogP contribution in [0, 0.1) is 22.7 Å². The predicted octanol–water partition coefficient (Wildman–Crippen LogP) is 3.96. The molecule has 0 aromatic carbocycles. The Kier molecular flexibility index (Phi) is 5.88. The number of rotatable bonds is 5. The van der Waals surface area contributed by atoms with E-state index in [0.717, 1.165) is 31.6 Å². The molecule has 1 rings (SSSR count). The van der Waals surface area contributed by atoms with Crippen molar-refractivity contribution >= 4 is 0 Å². The van der Waals surface area contributed by atoms with Gasteiger partial charge in [0.1, 0.15) is 0 Å². The van der Waals surface area contributed by atoms with E-state index in [9.17, 15) is 5.11 Å². The summed E-state index contributed by atoms with van der Waals surface area (Å²) in [5.41, 5.74) is 6.44. The highest BCUT2D eigenvalue weighted by Gasteiger charge is 2.43. The molecular formula is C17H35NO. The fourth-order valence-electron chi connectivity index (χ4n) is 3.90. The normalized spacial score (nSPS) is 32.1. The summed E-state index contributed by atoms with van der Waals surface area (Å²) >= 11 is 0. The Morgan fingerprint density at radius 1 is 1.26 bits per heavy atom. The van der Waals surface area contributed by atoms with Gasteiger partial charge in [-0.3, -0.25) is 0 Å². The average Bonchev–Trinajstić information content (AvgIpc) is 2.37. The molecule has 1 aliphatic carbocycles. The van der Waals surface area contributed by atoms with Crippen molar-refractivity contribution in [2.45, 2.75) is 79.2 Å². The summed E-state index contributed by atoms with van der Waals surface area (Å²) in [6.07, 6.45) is 6.65. The van der Waals surface area contributed by atoms with Crippen LogP contribution in [-0.4, -0.2) is 17.8 Å². The molecule has 1 saturated carbocycles. The standard InChI is InChI=1S/C17H35NO/c1-6-7-13(2)15(19)17(12-18)10-8-14(9-11-17)16(3,4)5/h13-15,19H,6-12,18H2,1-5H3. The summed E-state index contributed by atoms with van der Waals surface area (Å²) in [5, 5.41) is 10.7. The van der Waals surface area contributed by atoms with Crippen molar-refractivity contribution in [3.05, 3.63) is 0 Å². The summed E-state index contributed by atoms with van der Waals surface area (Å²) < 4.78 is 0. The van der Waals surface area contributed by atoms with E-state index in [1.165, 1.54) is 12.8 Å². The molecule has 19 heavy (non-hydrogen) atoms. The van der Waals surface area contributed by atoms with Crippen molar-refractivity contribution in [1.29, 1.82) is 0 Å². The maximum absolute atomic E-state index is 10.7. The fraction of sp³-hybridized carbons (Fsp3) is 1.00. The molecule has 0 amide bonds. The number of aliphatic hydroxyl groups excluding tert-OH is 1. The van der Waals surface area contributed by atoms with Gasteiger partial charge in [-0.05, 0) is 49.4 Å². The highest BCUT2D eigenvalue weighted by Crippen LogP contribution is 2.48. The quantitative estimate of drug-likeness (QED) is 0.793. The second-order valence-electron chi connectivity index (χ2n) is 7.92. The van der Waals surface area contributed by atoms with E-state index in [-0.39, 0.29) is 11.5 Å². The molecule has 0 radical (unpaired) electrons. The van der Waals surface area contributed by atoms with E-state index in [0.29, 0.717) is 17.9 Å². The molecule has 0 spiro atoms. The van der Waals surface area contributed by atoms with Gasteiger partial charge in [-0.15, -0.1) is 0 Å². The third-order valence-electron chi connectivity index (χ3n) is 5.52. The number of nitrogens with two attached hydrogens (primary N) is 1. The third-order valence-corrected chi connectivity index (χ3v) is 5.52. The molecule has 1 fully saturated rings. The van der Waals surface area contributed by atoms with Gasteiger partial charge in [0.05, 0.1) is 6.10 Å². The van der Waals surface area contributed by atoms with Crippen molar-refractivity contribution in [3.63, 3.8) is 0 Å². The van der Waals surface area contributed by atoms with E-state index in [1.54, 1.807) is 0 Å². The van der Waals surface area contributed by atoms with Crippen LogP contribution in [-0.2, 0) is 0 Å². The summed E-state index contributed by atoms with van der Waals surface area (Å²) in [4.78, 5) is 0. The second-order valence-corrected chi connectivity index (χ2v) is 7.92. The van der Waals surface area contributed by atoms with Crippen LogP contribution in [0.1, 0.15) is 73.1 Å². The topological polar surface area (TPSA) is 46.2 Å². The molecule has 0 bridgehead atoms. The van der Waals surface area contributed by atoms with Crippen LogP contribution in [0.4, 0.5) is 0 Å². The molecule has 2 heteroatoms. The lowest BCUT2D eigenvalue weighted by atomic mass is 9.60. The first kappa shape index (κ1) is 17.0. The van der Waals surface area contributed by atoms with E-state index in [1.807, 2.05) is 0 Å². The third kappa shape index (κ3) is 3.95. The molecule has 3 N–H and O–H groups in total. The van der Waals surface area contributed by atoms with Gasteiger partial charge < -0.3 is 10.8 Å². The Morgan fingerprint density at radius 2 is 1.79 bits per heavy atom. The van der Waals surface area contributed by atoms with Crippen LogP contribution in [0.3, 0.4) is 0 Å². The molecule has 0 aromatic heterocycles. The van der Waals surface area contributed by atoms with E-state index >= 15 is 0 Å². The monoisotopic (exact) mass is 269 g/mol. The molecule has 2 nitrogen and oxygen atoms in total. The zero-order valence-corrected chi connectivity index (χ0v) is 13.7. The second kappa shape index (κ2) is 6.58. The molecule has 1 aliphatic rings. The van der Waals surface area contributed by atoms with E-state index < -0.39 is 0 Å². The molecular weight excluding hydrogens is 234 g/mol. The van der Waals surface area contributed by atoms with Gasteiger partial charge in [0.2, 0.25) is 0 Å². The van der Waals surface area contributed by atoms with E-state index in [2.05, 4.69) is 34.6 Å².